The monoisotopic (exact) mass is 404 g/mol. The van der Waals surface area contributed by atoms with E-state index in [4.69, 9.17) is 5.73 Å². The van der Waals surface area contributed by atoms with Crippen LogP contribution in [0, 0.1) is 5.82 Å². The number of amides is 1. The van der Waals surface area contributed by atoms with Crippen molar-refractivity contribution >= 4 is 38.8 Å². The van der Waals surface area contributed by atoms with Gasteiger partial charge in [-0.25, -0.2) is 9.37 Å². The molecule has 3 heterocycles. The number of pyridine rings is 2. The van der Waals surface area contributed by atoms with Crippen molar-refractivity contribution in [2.75, 3.05) is 17.2 Å². The van der Waals surface area contributed by atoms with Gasteiger partial charge in [0.2, 0.25) is 0 Å². The van der Waals surface area contributed by atoms with Gasteiger partial charge in [-0.3, -0.25) is 9.78 Å². The third kappa shape index (κ3) is 3.60. The first-order chi connectivity index (χ1) is 14.1. The van der Waals surface area contributed by atoms with E-state index in [0.717, 1.165) is 16.6 Å². The largest absolute Gasteiger partial charge is 0.397 e. The number of carbonyl (C=O) groups excluding carboxylic acids is 1. The number of fused-ring (bicyclic) bond motifs is 1. The molecule has 0 unspecified atom stereocenters. The van der Waals surface area contributed by atoms with Gasteiger partial charge in [0.25, 0.3) is 5.91 Å². The van der Waals surface area contributed by atoms with E-state index in [2.05, 4.69) is 16.5 Å². The van der Waals surface area contributed by atoms with Gasteiger partial charge in [0, 0.05) is 35.6 Å². The fourth-order valence-corrected chi connectivity index (χ4v) is 4.05. The molecule has 0 radical (unpaired) electrons. The Morgan fingerprint density at radius 2 is 2.00 bits per heavy atom. The van der Waals surface area contributed by atoms with E-state index in [1.54, 1.807) is 30.6 Å². The number of halogens is 1. The van der Waals surface area contributed by atoms with Gasteiger partial charge in [-0.15, -0.1) is 17.9 Å². The minimum absolute atomic E-state index is 0.270. The lowest BCUT2D eigenvalue weighted by Gasteiger charge is -2.20. The molecule has 0 aliphatic heterocycles. The predicted octanol–water partition coefficient (Wildman–Crippen LogP) is 4.91. The Hall–Kier alpha value is -3.58. The molecule has 0 saturated carbocycles. The molecular formula is C22H17FN4OS. The van der Waals surface area contributed by atoms with Crippen LogP contribution in [0.25, 0.3) is 21.5 Å². The Balaban J connectivity index is 1.75. The summed E-state index contributed by atoms with van der Waals surface area (Å²) in [6.45, 7) is 3.99. The molecule has 0 aliphatic rings. The van der Waals surface area contributed by atoms with Crippen LogP contribution >= 0.6 is 11.3 Å². The molecule has 0 aliphatic carbocycles. The van der Waals surface area contributed by atoms with Gasteiger partial charge in [-0.2, -0.15) is 0 Å². The normalized spacial score (nSPS) is 10.8. The summed E-state index contributed by atoms with van der Waals surface area (Å²) in [5.74, 6) is -0.645. The van der Waals surface area contributed by atoms with Gasteiger partial charge in [0.05, 0.1) is 11.4 Å². The fourth-order valence-electron chi connectivity index (χ4n) is 3.01. The first-order valence-electron chi connectivity index (χ1n) is 8.86. The highest BCUT2D eigenvalue weighted by Gasteiger charge is 2.23. The van der Waals surface area contributed by atoms with Gasteiger partial charge < -0.3 is 10.6 Å². The van der Waals surface area contributed by atoms with E-state index in [1.165, 1.54) is 28.4 Å². The second-order valence-corrected chi connectivity index (χ2v) is 7.32. The molecule has 144 valence electrons. The van der Waals surface area contributed by atoms with Gasteiger partial charge >= 0.3 is 0 Å². The van der Waals surface area contributed by atoms with Crippen LogP contribution < -0.4 is 10.6 Å². The van der Waals surface area contributed by atoms with Crippen molar-refractivity contribution in [3.05, 3.63) is 84.3 Å². The topological polar surface area (TPSA) is 72.1 Å². The van der Waals surface area contributed by atoms with Crippen molar-refractivity contribution in [2.24, 2.45) is 0 Å². The molecule has 7 heteroatoms. The summed E-state index contributed by atoms with van der Waals surface area (Å²) < 4.78 is 13.3. The zero-order chi connectivity index (χ0) is 20.4. The third-order valence-corrected chi connectivity index (χ3v) is 5.54. The summed E-state index contributed by atoms with van der Waals surface area (Å²) in [6.07, 6.45) is 5.05. The number of aromatic nitrogens is 2. The molecule has 0 atom stereocenters. The molecule has 0 saturated heterocycles. The molecule has 1 aromatic carbocycles. The second kappa shape index (κ2) is 7.81. The first kappa shape index (κ1) is 18.8. The van der Waals surface area contributed by atoms with Crippen LogP contribution in [0.2, 0.25) is 0 Å². The minimum Gasteiger partial charge on any atom is -0.397 e. The van der Waals surface area contributed by atoms with Crippen LogP contribution in [-0.2, 0) is 0 Å². The van der Waals surface area contributed by atoms with Crippen molar-refractivity contribution in [3.8, 4) is 11.3 Å². The lowest BCUT2D eigenvalue weighted by atomic mass is 10.1. The predicted molar refractivity (Wildman–Crippen MR) is 116 cm³/mol. The second-order valence-electron chi connectivity index (χ2n) is 6.32. The van der Waals surface area contributed by atoms with Crippen LogP contribution in [-0.4, -0.2) is 22.4 Å². The molecule has 5 nitrogen and oxygen atoms in total. The molecule has 0 fully saturated rings. The van der Waals surface area contributed by atoms with Gasteiger partial charge in [0.15, 0.2) is 0 Å². The Morgan fingerprint density at radius 1 is 1.21 bits per heavy atom. The van der Waals surface area contributed by atoms with E-state index in [9.17, 15) is 9.18 Å². The van der Waals surface area contributed by atoms with Crippen LogP contribution in [0.3, 0.4) is 0 Å². The van der Waals surface area contributed by atoms with Crippen LogP contribution in [0.15, 0.2) is 73.6 Å². The fraction of sp³-hybridized carbons (Fsp3) is 0.0455. The Bertz CT molecular complexity index is 1190. The quantitative estimate of drug-likeness (QED) is 0.480. The molecule has 4 rings (SSSR count). The number of rotatable bonds is 5. The molecule has 4 aromatic rings. The maximum absolute atomic E-state index is 13.3. The van der Waals surface area contributed by atoms with Crippen molar-refractivity contribution in [3.63, 3.8) is 0 Å². The molecule has 29 heavy (non-hydrogen) atoms. The molecule has 0 bridgehead atoms. The number of anilines is 2. The summed E-state index contributed by atoms with van der Waals surface area (Å²) in [5, 5.41) is 0.726. The summed E-state index contributed by atoms with van der Waals surface area (Å²) in [6, 6.07) is 13.2. The molecule has 0 spiro atoms. The van der Waals surface area contributed by atoms with Gasteiger partial charge in [-0.1, -0.05) is 6.08 Å². The number of nitrogens with two attached hydrogens (primary N) is 1. The Labute approximate surface area is 171 Å². The van der Waals surface area contributed by atoms with E-state index < -0.39 is 0 Å². The van der Waals surface area contributed by atoms with Crippen molar-refractivity contribution in [1.82, 2.24) is 9.97 Å². The standard InChI is InChI=1S/C22H17FN4OS/c1-2-12-27(16-7-5-15(23)6-8-16)22(28)20-19(24)17-9-10-18(26-21(17)29-20)14-4-3-11-25-13-14/h2-11,13H,1,12,24H2. The highest BCUT2D eigenvalue weighted by atomic mass is 32.1. The average Bonchev–Trinajstić information content (AvgIpc) is 3.09. The number of nitrogen functional groups attached to an aromatic ring is 1. The van der Waals surface area contributed by atoms with Crippen LogP contribution in [0.5, 0.6) is 0 Å². The number of carbonyl (C=O) groups is 1. The van der Waals surface area contributed by atoms with Crippen LogP contribution in [0.4, 0.5) is 15.8 Å². The maximum atomic E-state index is 13.3. The Morgan fingerprint density at radius 3 is 2.69 bits per heavy atom. The van der Waals surface area contributed by atoms with Gasteiger partial charge in [-0.05, 0) is 48.5 Å². The molecule has 3 aromatic heterocycles. The SMILES string of the molecule is C=CCN(C(=O)c1sc2nc(-c3cccnc3)ccc2c1N)c1ccc(F)cc1. The third-order valence-electron chi connectivity index (χ3n) is 4.44. The van der Waals surface area contributed by atoms with Crippen molar-refractivity contribution in [1.29, 1.82) is 0 Å². The first-order valence-corrected chi connectivity index (χ1v) is 9.68. The van der Waals surface area contributed by atoms with Crippen molar-refractivity contribution in [2.45, 2.75) is 0 Å². The number of benzene rings is 1. The Kier molecular flexibility index (Phi) is 5.05. The van der Waals surface area contributed by atoms with E-state index >= 15 is 0 Å². The highest BCUT2D eigenvalue weighted by molar-refractivity contribution is 7.21. The van der Waals surface area contributed by atoms with Crippen LogP contribution in [0.1, 0.15) is 9.67 Å². The zero-order valence-corrected chi connectivity index (χ0v) is 16.2. The number of thiophene rings is 1. The zero-order valence-electron chi connectivity index (χ0n) is 15.4. The smallest absolute Gasteiger partial charge is 0.270 e. The van der Waals surface area contributed by atoms with Crippen molar-refractivity contribution < 1.29 is 9.18 Å². The molecule has 1 amide bonds. The summed E-state index contributed by atoms with van der Waals surface area (Å²) in [7, 11) is 0. The van der Waals surface area contributed by atoms with Gasteiger partial charge in [0.1, 0.15) is 15.5 Å². The number of hydrogen-bond acceptors (Lipinski definition) is 5. The van der Waals surface area contributed by atoms with E-state index in [-0.39, 0.29) is 18.3 Å². The summed E-state index contributed by atoms with van der Waals surface area (Å²) in [4.78, 5) is 24.6. The number of nitrogens with zero attached hydrogens (tertiary/aromatic N) is 3. The highest BCUT2D eigenvalue weighted by Crippen LogP contribution is 2.35. The summed E-state index contributed by atoms with van der Waals surface area (Å²) >= 11 is 1.24. The number of hydrogen-bond donors (Lipinski definition) is 1. The summed E-state index contributed by atoms with van der Waals surface area (Å²) in [5.41, 5.74) is 8.88. The lowest BCUT2D eigenvalue weighted by molar-refractivity contribution is 0.0994. The molecule has 2 N–H and O–H groups in total. The minimum atomic E-state index is -0.367. The lowest BCUT2D eigenvalue weighted by Crippen LogP contribution is -2.30. The van der Waals surface area contributed by atoms with E-state index in [1.807, 2.05) is 24.3 Å². The van der Waals surface area contributed by atoms with E-state index in [0.29, 0.717) is 21.1 Å². The maximum Gasteiger partial charge on any atom is 0.270 e. The average molecular weight is 404 g/mol. The molecular weight excluding hydrogens is 387 g/mol.